The molecule has 10 heavy (non-hydrogen) atoms. The van der Waals surface area contributed by atoms with E-state index in [1.54, 1.807) is 0 Å². The molecule has 2 rings (SSSR count). The maximum absolute atomic E-state index is 5.99. The predicted molar refractivity (Wildman–Crippen MR) is 44.7 cm³/mol. The Morgan fingerprint density at radius 1 is 1.60 bits per heavy atom. The molecule has 0 aromatic heterocycles. The third kappa shape index (κ3) is 0.881. The smallest absolute Gasteiger partial charge is 0.0247 e. The normalized spacial score (nSPS) is 37.2. The summed E-state index contributed by atoms with van der Waals surface area (Å²) in [5.74, 6) is 0. The molecule has 1 saturated heterocycles. The van der Waals surface area contributed by atoms with Gasteiger partial charge in [0.05, 0.1) is 0 Å². The van der Waals surface area contributed by atoms with Crippen molar-refractivity contribution in [1.29, 1.82) is 0 Å². The Morgan fingerprint density at radius 3 is 2.60 bits per heavy atom. The Kier molecular flexibility index (Phi) is 1.48. The molecule has 1 heterocycles. The first-order valence-electron chi connectivity index (χ1n) is 3.81. The van der Waals surface area contributed by atoms with E-state index >= 15 is 0 Å². The molecule has 2 aliphatic rings. The van der Waals surface area contributed by atoms with Crippen LogP contribution in [0.3, 0.4) is 0 Å². The average Bonchev–Trinajstić information content (AvgIpc) is 2.60. The van der Waals surface area contributed by atoms with E-state index in [9.17, 15) is 0 Å². The van der Waals surface area contributed by atoms with Crippen molar-refractivity contribution in [1.82, 2.24) is 4.31 Å². The largest absolute Gasteiger partial charge is 0.326 e. The van der Waals surface area contributed by atoms with Gasteiger partial charge < -0.3 is 5.73 Å². The monoisotopic (exact) mass is 158 g/mol. The highest BCUT2D eigenvalue weighted by molar-refractivity contribution is 7.96. The summed E-state index contributed by atoms with van der Waals surface area (Å²) in [5, 5.41) is 0. The SMILES string of the molecule is CSN1CC(N)C2(CC2)C1. The van der Waals surface area contributed by atoms with E-state index in [1.165, 1.54) is 19.4 Å². The highest BCUT2D eigenvalue weighted by atomic mass is 32.2. The summed E-state index contributed by atoms with van der Waals surface area (Å²) < 4.78 is 2.39. The molecule has 1 aliphatic carbocycles. The molecule has 2 fully saturated rings. The zero-order chi connectivity index (χ0) is 7.19. The molecular formula is C7H14N2S. The van der Waals surface area contributed by atoms with Crippen LogP contribution in [0, 0.1) is 5.41 Å². The first kappa shape index (κ1) is 6.95. The van der Waals surface area contributed by atoms with Gasteiger partial charge in [-0.15, -0.1) is 0 Å². The first-order chi connectivity index (χ1) is 4.77. The zero-order valence-corrected chi connectivity index (χ0v) is 7.16. The van der Waals surface area contributed by atoms with Crippen LogP contribution >= 0.6 is 11.9 Å². The lowest BCUT2D eigenvalue weighted by Crippen LogP contribution is -2.29. The minimum absolute atomic E-state index is 0.458. The summed E-state index contributed by atoms with van der Waals surface area (Å²) in [6, 6.07) is 0.458. The van der Waals surface area contributed by atoms with E-state index < -0.39 is 0 Å². The number of nitrogens with two attached hydrogens (primary N) is 1. The maximum Gasteiger partial charge on any atom is 0.0247 e. The van der Waals surface area contributed by atoms with E-state index in [1.807, 2.05) is 11.9 Å². The second-order valence-corrected chi connectivity index (χ2v) is 4.36. The molecule has 0 aromatic carbocycles. The zero-order valence-electron chi connectivity index (χ0n) is 6.34. The quantitative estimate of drug-likeness (QED) is 0.569. The van der Waals surface area contributed by atoms with Gasteiger partial charge in [0.1, 0.15) is 0 Å². The van der Waals surface area contributed by atoms with Crippen molar-refractivity contribution in [3.8, 4) is 0 Å². The van der Waals surface area contributed by atoms with Gasteiger partial charge in [-0.05, 0) is 19.1 Å². The second kappa shape index (κ2) is 2.13. The molecule has 0 amide bonds. The molecule has 1 saturated carbocycles. The van der Waals surface area contributed by atoms with Crippen LogP contribution in [-0.4, -0.2) is 29.7 Å². The first-order valence-corrected chi connectivity index (χ1v) is 5.00. The van der Waals surface area contributed by atoms with Crippen LogP contribution in [0.5, 0.6) is 0 Å². The molecule has 2 nitrogen and oxygen atoms in total. The van der Waals surface area contributed by atoms with Gasteiger partial charge in [0, 0.05) is 24.5 Å². The molecule has 2 N–H and O–H groups in total. The van der Waals surface area contributed by atoms with Crippen molar-refractivity contribution in [3.05, 3.63) is 0 Å². The Hall–Kier alpha value is 0.270. The molecule has 0 aromatic rings. The summed E-state index contributed by atoms with van der Waals surface area (Å²) in [6.45, 7) is 2.33. The van der Waals surface area contributed by atoms with E-state index in [0.29, 0.717) is 11.5 Å². The highest BCUT2D eigenvalue weighted by Gasteiger charge is 2.53. The summed E-state index contributed by atoms with van der Waals surface area (Å²) in [4.78, 5) is 0. The minimum atomic E-state index is 0.458. The average molecular weight is 158 g/mol. The van der Waals surface area contributed by atoms with Crippen LogP contribution in [0.15, 0.2) is 0 Å². The van der Waals surface area contributed by atoms with Crippen molar-refractivity contribution in [2.75, 3.05) is 19.3 Å². The molecule has 58 valence electrons. The fourth-order valence-electron chi connectivity index (χ4n) is 1.77. The fourth-order valence-corrected chi connectivity index (χ4v) is 2.47. The van der Waals surface area contributed by atoms with E-state index in [4.69, 9.17) is 5.73 Å². The lowest BCUT2D eigenvalue weighted by atomic mass is 10.0. The Morgan fingerprint density at radius 2 is 2.30 bits per heavy atom. The molecule has 1 atom stereocenters. The number of hydrogen-bond donors (Lipinski definition) is 1. The van der Waals surface area contributed by atoms with Crippen LogP contribution in [0.2, 0.25) is 0 Å². The van der Waals surface area contributed by atoms with Crippen LogP contribution in [-0.2, 0) is 0 Å². The van der Waals surface area contributed by atoms with Crippen molar-refractivity contribution in [2.45, 2.75) is 18.9 Å². The molecule has 1 spiro atoms. The van der Waals surface area contributed by atoms with Gasteiger partial charge in [-0.3, -0.25) is 0 Å². The Labute approximate surface area is 66.3 Å². The van der Waals surface area contributed by atoms with Crippen LogP contribution in [0.25, 0.3) is 0 Å². The minimum Gasteiger partial charge on any atom is -0.326 e. The van der Waals surface area contributed by atoms with E-state index in [2.05, 4.69) is 10.6 Å². The molecule has 3 heteroatoms. The van der Waals surface area contributed by atoms with Crippen molar-refractivity contribution in [2.24, 2.45) is 11.1 Å². The molecule has 0 bridgehead atoms. The van der Waals surface area contributed by atoms with Crippen LogP contribution < -0.4 is 5.73 Å². The van der Waals surface area contributed by atoms with Gasteiger partial charge in [-0.1, -0.05) is 11.9 Å². The number of hydrogen-bond acceptors (Lipinski definition) is 3. The third-order valence-corrected chi connectivity index (χ3v) is 3.62. The predicted octanol–water partition coefficient (Wildman–Crippen LogP) is 0.688. The molecule has 0 radical (unpaired) electrons. The molecule has 1 unspecified atom stereocenters. The summed E-state index contributed by atoms with van der Waals surface area (Å²) in [7, 11) is 0. The lowest BCUT2D eigenvalue weighted by molar-refractivity contribution is 0.484. The summed E-state index contributed by atoms with van der Waals surface area (Å²) >= 11 is 1.83. The van der Waals surface area contributed by atoms with Gasteiger partial charge >= 0.3 is 0 Å². The molecule has 1 aliphatic heterocycles. The third-order valence-electron chi connectivity index (χ3n) is 2.83. The van der Waals surface area contributed by atoms with Gasteiger partial charge in [-0.25, -0.2) is 4.31 Å². The Bertz CT molecular complexity index is 145. The van der Waals surface area contributed by atoms with Gasteiger partial charge in [0.2, 0.25) is 0 Å². The number of rotatable bonds is 1. The standard InChI is InChI=1S/C7H14N2S/c1-10-9-4-6(8)7(5-9)2-3-7/h6H,2-5,8H2,1H3. The highest BCUT2D eigenvalue weighted by Crippen LogP contribution is 2.52. The Balaban J connectivity index is 2.01. The fraction of sp³-hybridized carbons (Fsp3) is 1.00. The van der Waals surface area contributed by atoms with Gasteiger partial charge in [-0.2, -0.15) is 0 Å². The maximum atomic E-state index is 5.99. The topological polar surface area (TPSA) is 29.3 Å². The van der Waals surface area contributed by atoms with Crippen molar-refractivity contribution in [3.63, 3.8) is 0 Å². The lowest BCUT2D eigenvalue weighted by Gasteiger charge is -2.09. The number of nitrogens with zero attached hydrogens (tertiary/aromatic N) is 1. The van der Waals surface area contributed by atoms with Gasteiger partial charge in [0.25, 0.3) is 0 Å². The van der Waals surface area contributed by atoms with Gasteiger partial charge in [0.15, 0.2) is 0 Å². The van der Waals surface area contributed by atoms with Crippen LogP contribution in [0.4, 0.5) is 0 Å². The van der Waals surface area contributed by atoms with Crippen molar-refractivity contribution < 1.29 is 0 Å². The van der Waals surface area contributed by atoms with Crippen molar-refractivity contribution >= 4 is 11.9 Å². The van der Waals surface area contributed by atoms with E-state index in [-0.39, 0.29) is 0 Å². The molecular weight excluding hydrogens is 144 g/mol. The van der Waals surface area contributed by atoms with E-state index in [0.717, 1.165) is 6.54 Å². The summed E-state index contributed by atoms with van der Waals surface area (Å²) in [5.41, 5.74) is 6.54. The second-order valence-electron chi connectivity index (χ2n) is 3.47. The summed E-state index contributed by atoms with van der Waals surface area (Å²) in [6.07, 6.45) is 4.87. The van der Waals surface area contributed by atoms with Crippen LogP contribution in [0.1, 0.15) is 12.8 Å².